The monoisotopic (exact) mass is 207 g/mol. The van der Waals surface area contributed by atoms with Crippen LogP contribution in [0.4, 0.5) is 0 Å². The van der Waals surface area contributed by atoms with Gasteiger partial charge in [-0.2, -0.15) is 0 Å². The average Bonchev–Trinajstić information content (AvgIpc) is 2.87. The molecule has 2 amide bonds. The molecule has 3 saturated heterocycles. The van der Waals surface area contributed by atoms with Crippen LogP contribution in [0.1, 0.15) is 12.8 Å². The number of ether oxygens (including phenoxy) is 1. The zero-order chi connectivity index (χ0) is 10.6. The van der Waals surface area contributed by atoms with E-state index in [1.54, 1.807) is 6.08 Å². The molecular formula is C11H13NO3. The smallest absolute Gasteiger partial charge is 0.236 e. The molecule has 0 N–H and O–H groups in total. The highest BCUT2D eigenvalue weighted by atomic mass is 16.5. The summed E-state index contributed by atoms with van der Waals surface area (Å²) < 4.78 is 5.61. The van der Waals surface area contributed by atoms with Crippen molar-refractivity contribution in [1.82, 2.24) is 4.90 Å². The van der Waals surface area contributed by atoms with Crippen LogP contribution in [0.5, 0.6) is 0 Å². The maximum atomic E-state index is 12.0. The molecule has 4 unspecified atom stereocenters. The van der Waals surface area contributed by atoms with E-state index < -0.39 is 0 Å². The van der Waals surface area contributed by atoms with Crippen molar-refractivity contribution in [2.24, 2.45) is 11.8 Å². The number of rotatable bonds is 2. The molecule has 4 atom stereocenters. The fourth-order valence-corrected chi connectivity index (χ4v) is 3.08. The molecule has 0 spiro atoms. The largest absolute Gasteiger partial charge is 0.373 e. The van der Waals surface area contributed by atoms with E-state index in [1.807, 2.05) is 0 Å². The van der Waals surface area contributed by atoms with E-state index in [0.717, 1.165) is 12.8 Å². The normalized spacial score (nSPS) is 42.5. The summed E-state index contributed by atoms with van der Waals surface area (Å²) >= 11 is 0. The van der Waals surface area contributed by atoms with E-state index in [-0.39, 0.29) is 35.9 Å². The summed E-state index contributed by atoms with van der Waals surface area (Å²) in [7, 11) is 0. The second kappa shape index (κ2) is 2.92. The van der Waals surface area contributed by atoms with Crippen molar-refractivity contribution in [2.75, 3.05) is 6.54 Å². The summed E-state index contributed by atoms with van der Waals surface area (Å²) in [5.41, 5.74) is 0. The fourth-order valence-electron chi connectivity index (χ4n) is 3.08. The molecule has 0 radical (unpaired) electrons. The van der Waals surface area contributed by atoms with Gasteiger partial charge in [0, 0.05) is 6.54 Å². The lowest BCUT2D eigenvalue weighted by Crippen LogP contribution is -2.34. The second-order valence-corrected chi connectivity index (χ2v) is 4.42. The van der Waals surface area contributed by atoms with Gasteiger partial charge in [0.1, 0.15) is 0 Å². The first-order chi connectivity index (χ1) is 7.24. The van der Waals surface area contributed by atoms with Crippen LogP contribution in [0.25, 0.3) is 0 Å². The highest BCUT2D eigenvalue weighted by Gasteiger charge is 2.61. The lowest BCUT2D eigenvalue weighted by molar-refractivity contribution is -0.141. The maximum absolute atomic E-state index is 12.0. The van der Waals surface area contributed by atoms with Gasteiger partial charge in [0.2, 0.25) is 11.8 Å². The lowest BCUT2D eigenvalue weighted by atomic mass is 9.81. The van der Waals surface area contributed by atoms with Gasteiger partial charge in [-0.05, 0) is 12.8 Å². The van der Waals surface area contributed by atoms with Crippen LogP contribution in [0, 0.1) is 11.8 Å². The van der Waals surface area contributed by atoms with Crippen LogP contribution in [0.3, 0.4) is 0 Å². The van der Waals surface area contributed by atoms with Crippen LogP contribution < -0.4 is 0 Å². The van der Waals surface area contributed by atoms with Crippen molar-refractivity contribution < 1.29 is 14.3 Å². The Kier molecular flexibility index (Phi) is 1.77. The first kappa shape index (κ1) is 9.09. The van der Waals surface area contributed by atoms with Gasteiger partial charge >= 0.3 is 0 Å². The van der Waals surface area contributed by atoms with Crippen LogP contribution in [-0.2, 0) is 14.3 Å². The van der Waals surface area contributed by atoms with Crippen LogP contribution in [0.2, 0.25) is 0 Å². The minimum Gasteiger partial charge on any atom is -0.373 e. The Morgan fingerprint density at radius 1 is 1.27 bits per heavy atom. The summed E-state index contributed by atoms with van der Waals surface area (Å²) in [4.78, 5) is 25.2. The molecule has 4 nitrogen and oxygen atoms in total. The zero-order valence-electron chi connectivity index (χ0n) is 8.39. The first-order valence-corrected chi connectivity index (χ1v) is 5.35. The SMILES string of the molecule is C=CCN1C(=O)C2C3CCC(O3)C2C1=O. The molecule has 0 saturated carbocycles. The molecule has 80 valence electrons. The third-order valence-electron chi connectivity index (χ3n) is 3.69. The highest BCUT2D eigenvalue weighted by molar-refractivity contribution is 6.06. The molecule has 0 aromatic rings. The predicted molar refractivity (Wildman–Crippen MR) is 51.8 cm³/mol. The Morgan fingerprint density at radius 3 is 2.27 bits per heavy atom. The lowest BCUT2D eigenvalue weighted by Gasteiger charge is -2.15. The summed E-state index contributed by atoms with van der Waals surface area (Å²) in [6.07, 6.45) is 3.43. The number of hydrogen-bond acceptors (Lipinski definition) is 3. The van der Waals surface area contributed by atoms with E-state index in [0.29, 0.717) is 6.54 Å². The van der Waals surface area contributed by atoms with Gasteiger partial charge in [0.15, 0.2) is 0 Å². The molecule has 3 rings (SSSR count). The molecule has 0 aromatic heterocycles. The van der Waals surface area contributed by atoms with Crippen molar-refractivity contribution >= 4 is 11.8 Å². The van der Waals surface area contributed by atoms with E-state index in [4.69, 9.17) is 4.74 Å². The highest BCUT2D eigenvalue weighted by Crippen LogP contribution is 2.48. The van der Waals surface area contributed by atoms with Crippen molar-refractivity contribution in [3.8, 4) is 0 Å². The van der Waals surface area contributed by atoms with Gasteiger partial charge in [0.25, 0.3) is 0 Å². The molecule has 2 bridgehead atoms. The maximum Gasteiger partial charge on any atom is 0.236 e. The Bertz CT molecular complexity index is 324. The summed E-state index contributed by atoms with van der Waals surface area (Å²) in [6.45, 7) is 3.90. The minimum absolute atomic E-state index is 0.00809. The number of hydrogen-bond donors (Lipinski definition) is 0. The fraction of sp³-hybridized carbons (Fsp3) is 0.636. The summed E-state index contributed by atoms with van der Waals surface area (Å²) in [5, 5.41) is 0. The number of imide groups is 1. The van der Waals surface area contributed by atoms with Crippen molar-refractivity contribution in [2.45, 2.75) is 25.0 Å². The van der Waals surface area contributed by atoms with Gasteiger partial charge < -0.3 is 4.74 Å². The third-order valence-corrected chi connectivity index (χ3v) is 3.69. The Hall–Kier alpha value is -1.16. The first-order valence-electron chi connectivity index (χ1n) is 5.35. The van der Waals surface area contributed by atoms with Crippen LogP contribution >= 0.6 is 0 Å². The third kappa shape index (κ3) is 1.00. The van der Waals surface area contributed by atoms with E-state index in [1.165, 1.54) is 4.90 Å². The van der Waals surface area contributed by atoms with Gasteiger partial charge in [-0.15, -0.1) is 6.58 Å². The van der Waals surface area contributed by atoms with Crippen molar-refractivity contribution in [1.29, 1.82) is 0 Å². The quantitative estimate of drug-likeness (QED) is 0.484. The number of carbonyl (C=O) groups excluding carboxylic acids is 2. The van der Waals surface area contributed by atoms with Crippen LogP contribution in [-0.4, -0.2) is 35.5 Å². The molecule has 0 aliphatic carbocycles. The predicted octanol–water partition coefficient (Wildman–Crippen LogP) is 0.335. The number of fused-ring (bicyclic) bond motifs is 5. The standard InChI is InChI=1S/C11H13NO3/c1-2-5-12-10(13)8-6-3-4-7(15-6)9(8)11(12)14/h2,6-9H,1,3-5H2. The molecule has 3 aliphatic heterocycles. The zero-order valence-corrected chi connectivity index (χ0v) is 8.39. The molecule has 0 aromatic carbocycles. The molecule has 15 heavy (non-hydrogen) atoms. The van der Waals surface area contributed by atoms with Gasteiger partial charge in [0.05, 0.1) is 24.0 Å². The molecular weight excluding hydrogens is 194 g/mol. The number of amides is 2. The molecule has 3 heterocycles. The summed E-state index contributed by atoms with van der Waals surface area (Å²) in [6, 6.07) is 0. The van der Waals surface area contributed by atoms with Gasteiger partial charge in [-0.3, -0.25) is 14.5 Å². The second-order valence-electron chi connectivity index (χ2n) is 4.42. The van der Waals surface area contributed by atoms with E-state index in [2.05, 4.69) is 6.58 Å². The number of nitrogens with zero attached hydrogens (tertiary/aromatic N) is 1. The van der Waals surface area contributed by atoms with Crippen molar-refractivity contribution in [3.63, 3.8) is 0 Å². The van der Waals surface area contributed by atoms with Gasteiger partial charge in [-0.25, -0.2) is 0 Å². The molecule has 4 heteroatoms. The minimum atomic E-state index is -0.198. The molecule has 3 fully saturated rings. The molecule has 3 aliphatic rings. The van der Waals surface area contributed by atoms with Gasteiger partial charge in [-0.1, -0.05) is 6.08 Å². The summed E-state index contributed by atoms with van der Waals surface area (Å²) in [5.74, 6) is -0.512. The van der Waals surface area contributed by atoms with E-state index >= 15 is 0 Å². The number of carbonyl (C=O) groups is 2. The average molecular weight is 207 g/mol. The Labute approximate surface area is 87.9 Å². The Balaban J connectivity index is 1.93. The Morgan fingerprint density at radius 2 is 1.80 bits per heavy atom. The number of likely N-dealkylation sites (tertiary alicyclic amines) is 1. The van der Waals surface area contributed by atoms with Crippen LogP contribution in [0.15, 0.2) is 12.7 Å². The van der Waals surface area contributed by atoms with E-state index in [9.17, 15) is 9.59 Å². The topological polar surface area (TPSA) is 46.6 Å². The van der Waals surface area contributed by atoms with Crippen molar-refractivity contribution in [3.05, 3.63) is 12.7 Å².